The van der Waals surface area contributed by atoms with Crippen LogP contribution in [0.2, 0.25) is 0 Å². The highest BCUT2D eigenvalue weighted by molar-refractivity contribution is 7.89. The molecule has 0 aromatic heterocycles. The van der Waals surface area contributed by atoms with Gasteiger partial charge in [-0.3, -0.25) is 4.79 Å². The second-order valence-electron chi connectivity index (χ2n) is 6.47. The Labute approximate surface area is 155 Å². The summed E-state index contributed by atoms with van der Waals surface area (Å²) in [6, 6.07) is 12.0. The van der Waals surface area contributed by atoms with Gasteiger partial charge >= 0.3 is 0 Å². The number of nitrogens with two attached hydrogens (primary N) is 1. The van der Waals surface area contributed by atoms with Crippen molar-refractivity contribution in [2.75, 3.05) is 19.4 Å². The monoisotopic (exact) mass is 375 g/mol. The Morgan fingerprint density at radius 2 is 1.77 bits per heavy atom. The highest BCUT2D eigenvalue weighted by Gasteiger charge is 2.20. The maximum Gasteiger partial charge on any atom is 0.242 e. The van der Waals surface area contributed by atoms with E-state index >= 15 is 0 Å². The molecule has 0 spiro atoms. The van der Waals surface area contributed by atoms with Crippen LogP contribution in [-0.4, -0.2) is 32.7 Å². The van der Waals surface area contributed by atoms with Gasteiger partial charge in [0.25, 0.3) is 0 Å². The van der Waals surface area contributed by atoms with Gasteiger partial charge in [-0.2, -0.15) is 0 Å². The van der Waals surface area contributed by atoms with Crippen molar-refractivity contribution in [2.24, 2.45) is 5.73 Å². The number of aryl methyl sites for hydroxylation is 1. The Morgan fingerprint density at radius 1 is 1.15 bits per heavy atom. The first-order chi connectivity index (χ1) is 12.1. The van der Waals surface area contributed by atoms with Crippen LogP contribution >= 0.6 is 0 Å². The minimum atomic E-state index is -3.58. The van der Waals surface area contributed by atoms with Gasteiger partial charge < -0.3 is 11.1 Å². The highest BCUT2D eigenvalue weighted by Crippen LogP contribution is 2.26. The predicted octanol–water partition coefficient (Wildman–Crippen LogP) is 2.58. The van der Waals surface area contributed by atoms with Crippen molar-refractivity contribution in [1.82, 2.24) is 4.31 Å². The van der Waals surface area contributed by atoms with E-state index in [4.69, 9.17) is 5.73 Å². The van der Waals surface area contributed by atoms with Crippen LogP contribution in [0, 0.1) is 13.8 Å². The zero-order valence-electron chi connectivity index (χ0n) is 15.5. The first kappa shape index (κ1) is 20.1. The summed E-state index contributed by atoms with van der Waals surface area (Å²) < 4.78 is 25.9. The first-order valence-electron chi connectivity index (χ1n) is 8.27. The number of nitrogens with one attached hydrogen (secondary N) is 1. The third-order valence-corrected chi connectivity index (χ3v) is 6.12. The van der Waals surface area contributed by atoms with Gasteiger partial charge in [0.15, 0.2) is 0 Å². The third-order valence-electron chi connectivity index (χ3n) is 4.33. The second-order valence-corrected chi connectivity index (χ2v) is 8.62. The molecule has 0 saturated heterocycles. The molecular weight excluding hydrogens is 350 g/mol. The number of carbonyl (C=O) groups excluding carboxylic acids is 1. The van der Waals surface area contributed by atoms with E-state index in [-0.39, 0.29) is 17.2 Å². The molecule has 0 saturated carbocycles. The predicted molar refractivity (Wildman–Crippen MR) is 103 cm³/mol. The number of amides is 1. The molecule has 26 heavy (non-hydrogen) atoms. The van der Waals surface area contributed by atoms with Crippen molar-refractivity contribution >= 4 is 21.6 Å². The average molecular weight is 375 g/mol. The molecule has 2 aromatic rings. The maximum absolute atomic E-state index is 12.4. The Hall–Kier alpha value is -2.22. The molecule has 7 heteroatoms. The van der Waals surface area contributed by atoms with Gasteiger partial charge in [-0.1, -0.05) is 30.3 Å². The lowest BCUT2D eigenvalue weighted by Gasteiger charge is -2.17. The van der Waals surface area contributed by atoms with Crippen LogP contribution in [0.4, 0.5) is 5.69 Å². The standard InChI is InChI=1S/C19H25N3O3S/c1-13-10-16(26(24,25)22(3)4)11-18(14(13)2)21-19(23)12-17(20)15-8-6-5-7-9-15/h5-11,17H,12,20H2,1-4H3,(H,21,23). The maximum atomic E-state index is 12.4. The van der Waals surface area contributed by atoms with E-state index in [1.807, 2.05) is 44.2 Å². The summed E-state index contributed by atoms with van der Waals surface area (Å²) in [5, 5.41) is 2.80. The zero-order chi connectivity index (χ0) is 19.5. The number of nitrogens with zero attached hydrogens (tertiary/aromatic N) is 1. The SMILES string of the molecule is Cc1cc(S(=O)(=O)N(C)C)cc(NC(=O)CC(N)c2ccccc2)c1C. The number of anilines is 1. The summed E-state index contributed by atoms with van der Waals surface area (Å²) in [6.07, 6.45) is 0.104. The van der Waals surface area contributed by atoms with Crippen molar-refractivity contribution < 1.29 is 13.2 Å². The van der Waals surface area contributed by atoms with Crippen LogP contribution in [0.5, 0.6) is 0 Å². The van der Waals surface area contributed by atoms with Crippen LogP contribution in [0.25, 0.3) is 0 Å². The fourth-order valence-electron chi connectivity index (χ4n) is 2.53. The quantitative estimate of drug-likeness (QED) is 0.812. The fourth-order valence-corrected chi connectivity index (χ4v) is 3.55. The van der Waals surface area contributed by atoms with Crippen molar-refractivity contribution in [3.63, 3.8) is 0 Å². The summed E-state index contributed by atoms with van der Waals surface area (Å²) in [7, 11) is -0.635. The summed E-state index contributed by atoms with van der Waals surface area (Å²) in [6.45, 7) is 3.66. The number of carbonyl (C=O) groups is 1. The van der Waals surface area contributed by atoms with E-state index in [1.165, 1.54) is 20.2 Å². The molecule has 1 amide bonds. The summed E-state index contributed by atoms with van der Waals surface area (Å²) in [5.74, 6) is -0.261. The van der Waals surface area contributed by atoms with Gasteiger partial charge in [0.2, 0.25) is 15.9 Å². The molecule has 0 bridgehead atoms. The van der Waals surface area contributed by atoms with Gasteiger partial charge in [0.1, 0.15) is 0 Å². The molecule has 2 rings (SSSR count). The molecule has 0 fully saturated rings. The molecule has 0 aliphatic carbocycles. The van der Waals surface area contributed by atoms with Crippen LogP contribution in [0.3, 0.4) is 0 Å². The van der Waals surface area contributed by atoms with Gasteiger partial charge in [-0.25, -0.2) is 12.7 Å². The normalized spacial score (nSPS) is 12.8. The summed E-state index contributed by atoms with van der Waals surface area (Å²) in [4.78, 5) is 12.6. The minimum Gasteiger partial charge on any atom is -0.326 e. The van der Waals surface area contributed by atoms with Crippen molar-refractivity contribution in [3.8, 4) is 0 Å². The molecule has 140 valence electrons. The van der Waals surface area contributed by atoms with E-state index in [1.54, 1.807) is 6.07 Å². The Kier molecular flexibility index (Phi) is 6.17. The lowest BCUT2D eigenvalue weighted by molar-refractivity contribution is -0.116. The minimum absolute atomic E-state index is 0.104. The van der Waals surface area contributed by atoms with Gasteiger partial charge in [-0.15, -0.1) is 0 Å². The lowest BCUT2D eigenvalue weighted by atomic mass is 10.0. The number of hydrogen-bond donors (Lipinski definition) is 2. The Morgan fingerprint density at radius 3 is 2.35 bits per heavy atom. The largest absolute Gasteiger partial charge is 0.326 e. The third kappa shape index (κ3) is 4.49. The van der Waals surface area contributed by atoms with Gasteiger partial charge in [0.05, 0.1) is 4.90 Å². The smallest absolute Gasteiger partial charge is 0.242 e. The van der Waals surface area contributed by atoms with Gasteiger partial charge in [-0.05, 0) is 42.7 Å². The van der Waals surface area contributed by atoms with E-state index in [2.05, 4.69) is 5.32 Å². The molecule has 0 radical (unpaired) electrons. The highest BCUT2D eigenvalue weighted by atomic mass is 32.2. The van der Waals surface area contributed by atoms with Crippen molar-refractivity contribution in [3.05, 3.63) is 59.2 Å². The van der Waals surface area contributed by atoms with Crippen molar-refractivity contribution in [1.29, 1.82) is 0 Å². The van der Waals surface area contributed by atoms with Crippen molar-refractivity contribution in [2.45, 2.75) is 31.2 Å². The number of benzene rings is 2. The van der Waals surface area contributed by atoms with E-state index in [9.17, 15) is 13.2 Å². The van der Waals surface area contributed by atoms with Crippen LogP contribution in [-0.2, 0) is 14.8 Å². The summed E-state index contributed by atoms with van der Waals surface area (Å²) in [5.41, 5.74) is 9.06. The number of rotatable bonds is 6. The molecular formula is C19H25N3O3S. The summed E-state index contributed by atoms with van der Waals surface area (Å²) >= 11 is 0. The molecule has 3 N–H and O–H groups in total. The molecule has 0 aliphatic heterocycles. The Bertz CT molecular complexity index is 894. The molecule has 0 aliphatic rings. The topological polar surface area (TPSA) is 92.5 Å². The zero-order valence-corrected chi connectivity index (χ0v) is 16.3. The average Bonchev–Trinajstić information content (AvgIpc) is 2.59. The molecule has 1 atom stereocenters. The van der Waals surface area contributed by atoms with E-state index in [0.29, 0.717) is 5.69 Å². The molecule has 0 heterocycles. The second kappa shape index (κ2) is 7.99. The van der Waals surface area contributed by atoms with Gasteiger partial charge in [0, 0.05) is 32.2 Å². The molecule has 1 unspecified atom stereocenters. The number of sulfonamides is 1. The fraction of sp³-hybridized carbons (Fsp3) is 0.316. The Balaban J connectivity index is 2.23. The molecule has 6 nitrogen and oxygen atoms in total. The van der Waals surface area contributed by atoms with E-state index < -0.39 is 16.1 Å². The van der Waals surface area contributed by atoms with Crippen LogP contribution < -0.4 is 11.1 Å². The lowest BCUT2D eigenvalue weighted by Crippen LogP contribution is -2.23. The van der Waals surface area contributed by atoms with E-state index in [0.717, 1.165) is 21.0 Å². The first-order valence-corrected chi connectivity index (χ1v) is 9.71. The number of hydrogen-bond acceptors (Lipinski definition) is 4. The molecule has 2 aromatic carbocycles. The van der Waals surface area contributed by atoms with Crippen LogP contribution in [0.1, 0.15) is 29.2 Å². The van der Waals surface area contributed by atoms with Crippen LogP contribution in [0.15, 0.2) is 47.4 Å².